The van der Waals surface area contributed by atoms with Gasteiger partial charge in [-0.05, 0) is 19.6 Å². The minimum atomic E-state index is -1.46. The highest BCUT2D eigenvalue weighted by Crippen LogP contribution is 2.09. The second kappa shape index (κ2) is 5.18. The van der Waals surface area contributed by atoms with Crippen molar-refractivity contribution in [3.8, 4) is 0 Å². The standard InChI is InChI=1S/C13H24N2Si2/c1-16(2,3)14-13(15-17(4,5)6)12-10-8-7-9-11-12/h7-11H,1-6H3,(H,14,15). The molecule has 0 bridgehead atoms. The molecule has 0 aliphatic carbocycles. The number of benzene rings is 1. The molecule has 0 atom stereocenters. The van der Waals surface area contributed by atoms with Gasteiger partial charge < -0.3 is 9.64 Å². The van der Waals surface area contributed by atoms with Crippen molar-refractivity contribution in [2.45, 2.75) is 39.3 Å². The van der Waals surface area contributed by atoms with E-state index in [-0.39, 0.29) is 0 Å². The van der Waals surface area contributed by atoms with Crippen molar-refractivity contribution in [2.24, 2.45) is 4.66 Å². The third kappa shape index (κ3) is 5.84. The molecule has 0 radical (unpaired) electrons. The van der Waals surface area contributed by atoms with E-state index in [0.717, 1.165) is 5.84 Å². The summed E-state index contributed by atoms with van der Waals surface area (Å²) in [5, 5.41) is 0. The van der Waals surface area contributed by atoms with Crippen molar-refractivity contribution in [3.05, 3.63) is 35.9 Å². The molecule has 4 heteroatoms. The van der Waals surface area contributed by atoms with Gasteiger partial charge in [0, 0.05) is 5.56 Å². The van der Waals surface area contributed by atoms with Crippen LogP contribution < -0.4 is 4.98 Å². The van der Waals surface area contributed by atoms with Crippen LogP contribution >= 0.6 is 0 Å². The maximum atomic E-state index is 4.94. The lowest BCUT2D eigenvalue weighted by Gasteiger charge is -2.24. The summed E-state index contributed by atoms with van der Waals surface area (Å²) in [6.45, 7) is 13.7. The molecule has 0 spiro atoms. The third-order valence-corrected chi connectivity index (χ3v) is 3.87. The molecule has 94 valence electrons. The molecule has 0 aliphatic rings. The first-order valence-electron chi connectivity index (χ1n) is 6.11. The molecule has 0 unspecified atom stereocenters. The van der Waals surface area contributed by atoms with E-state index >= 15 is 0 Å². The number of nitrogens with zero attached hydrogens (tertiary/aromatic N) is 1. The van der Waals surface area contributed by atoms with E-state index in [4.69, 9.17) is 4.66 Å². The minimum absolute atomic E-state index is 1.09. The molecule has 1 aromatic rings. The third-order valence-electron chi connectivity index (χ3n) is 1.99. The summed E-state index contributed by atoms with van der Waals surface area (Å²) in [5.74, 6) is 1.09. The second-order valence-electron chi connectivity index (χ2n) is 6.37. The van der Waals surface area contributed by atoms with Gasteiger partial charge in [-0.1, -0.05) is 50.0 Å². The van der Waals surface area contributed by atoms with Gasteiger partial charge in [0.1, 0.15) is 14.1 Å². The normalized spacial score (nSPS) is 13.6. The largest absolute Gasteiger partial charge is 0.396 e. The zero-order valence-electron chi connectivity index (χ0n) is 11.8. The van der Waals surface area contributed by atoms with Gasteiger partial charge in [-0.25, -0.2) is 0 Å². The molecule has 0 amide bonds. The van der Waals surface area contributed by atoms with Crippen LogP contribution in [0.1, 0.15) is 5.56 Å². The Balaban J connectivity index is 3.09. The molecule has 17 heavy (non-hydrogen) atoms. The average Bonchev–Trinajstić information content (AvgIpc) is 2.14. The predicted octanol–water partition coefficient (Wildman–Crippen LogP) is 3.69. The summed E-state index contributed by atoms with van der Waals surface area (Å²) in [5.41, 5.74) is 1.21. The van der Waals surface area contributed by atoms with Gasteiger partial charge in [0.15, 0.2) is 8.24 Å². The fraction of sp³-hybridized carbons (Fsp3) is 0.462. The van der Waals surface area contributed by atoms with Crippen molar-refractivity contribution in [3.63, 3.8) is 0 Å². The Bertz CT molecular complexity index is 386. The Morgan fingerprint density at radius 1 is 0.941 bits per heavy atom. The number of nitrogens with one attached hydrogen (secondary N) is 1. The summed E-state index contributed by atoms with van der Waals surface area (Å²) in [7, 11) is -2.82. The lowest BCUT2D eigenvalue weighted by molar-refractivity contribution is 1.30. The number of hydrogen-bond donors (Lipinski definition) is 1. The van der Waals surface area contributed by atoms with Gasteiger partial charge in [0.25, 0.3) is 0 Å². The Morgan fingerprint density at radius 2 is 1.47 bits per heavy atom. The average molecular weight is 265 g/mol. The molecule has 1 N–H and O–H groups in total. The van der Waals surface area contributed by atoms with E-state index in [1.807, 2.05) is 6.07 Å². The maximum Gasteiger partial charge on any atom is 0.175 e. The van der Waals surface area contributed by atoms with Crippen LogP contribution in [0.2, 0.25) is 39.3 Å². The summed E-state index contributed by atoms with van der Waals surface area (Å²) in [4.78, 5) is 3.65. The first-order chi connectivity index (χ1) is 7.67. The molecule has 1 rings (SSSR count). The molecule has 2 nitrogen and oxygen atoms in total. The monoisotopic (exact) mass is 264 g/mol. The van der Waals surface area contributed by atoms with Crippen molar-refractivity contribution >= 4 is 22.3 Å². The summed E-state index contributed by atoms with van der Waals surface area (Å²) in [6, 6.07) is 10.4. The van der Waals surface area contributed by atoms with Crippen molar-refractivity contribution in [1.82, 2.24) is 4.98 Å². The number of rotatable bonds is 3. The van der Waals surface area contributed by atoms with Crippen LogP contribution in [0.3, 0.4) is 0 Å². The van der Waals surface area contributed by atoms with E-state index < -0.39 is 16.5 Å². The fourth-order valence-corrected chi connectivity index (χ4v) is 3.33. The maximum absolute atomic E-state index is 4.94. The molecule has 0 saturated carbocycles. The molecule has 0 aliphatic heterocycles. The lowest BCUT2D eigenvalue weighted by Crippen LogP contribution is -2.46. The summed E-state index contributed by atoms with van der Waals surface area (Å²) >= 11 is 0. The lowest BCUT2D eigenvalue weighted by atomic mass is 10.2. The smallest absolute Gasteiger partial charge is 0.175 e. The Hall–Kier alpha value is -0.876. The quantitative estimate of drug-likeness (QED) is 0.502. The SMILES string of the molecule is C[Si](C)(C)/N=C(\N[Si](C)(C)C)c1ccccc1. The van der Waals surface area contributed by atoms with Crippen molar-refractivity contribution in [2.75, 3.05) is 0 Å². The molecular weight excluding hydrogens is 240 g/mol. The van der Waals surface area contributed by atoms with E-state index in [0.29, 0.717) is 0 Å². The van der Waals surface area contributed by atoms with Crippen molar-refractivity contribution in [1.29, 1.82) is 0 Å². The minimum Gasteiger partial charge on any atom is -0.396 e. The van der Waals surface area contributed by atoms with Gasteiger partial charge in [0.2, 0.25) is 0 Å². The van der Waals surface area contributed by atoms with Crippen LogP contribution in [0.5, 0.6) is 0 Å². The van der Waals surface area contributed by atoms with Crippen LogP contribution in [0.15, 0.2) is 35.0 Å². The predicted molar refractivity (Wildman–Crippen MR) is 82.8 cm³/mol. The number of hydrogen-bond acceptors (Lipinski definition) is 1. The van der Waals surface area contributed by atoms with Gasteiger partial charge in [-0.3, -0.25) is 0 Å². The molecule has 0 aromatic heterocycles. The van der Waals surface area contributed by atoms with Gasteiger partial charge in [-0.15, -0.1) is 0 Å². The van der Waals surface area contributed by atoms with Gasteiger partial charge in [-0.2, -0.15) is 0 Å². The highest BCUT2D eigenvalue weighted by atomic mass is 28.3. The Kier molecular flexibility index (Phi) is 4.33. The Morgan fingerprint density at radius 3 is 1.88 bits per heavy atom. The van der Waals surface area contributed by atoms with E-state index in [1.165, 1.54) is 5.56 Å². The first-order valence-corrected chi connectivity index (χ1v) is 13.1. The molecule has 0 heterocycles. The summed E-state index contributed by atoms with van der Waals surface area (Å²) in [6.07, 6.45) is 0. The molecule has 1 aromatic carbocycles. The van der Waals surface area contributed by atoms with E-state index in [2.05, 4.69) is 68.5 Å². The Labute approximate surface area is 107 Å². The highest BCUT2D eigenvalue weighted by Gasteiger charge is 2.19. The zero-order chi connectivity index (χ0) is 13.1. The van der Waals surface area contributed by atoms with E-state index in [9.17, 15) is 0 Å². The molecular formula is C13H24N2Si2. The van der Waals surface area contributed by atoms with Crippen LogP contribution in [-0.4, -0.2) is 22.3 Å². The van der Waals surface area contributed by atoms with Gasteiger partial charge >= 0.3 is 0 Å². The molecule has 0 saturated heterocycles. The fourth-order valence-electron chi connectivity index (χ4n) is 1.45. The topological polar surface area (TPSA) is 24.4 Å². The first kappa shape index (κ1) is 14.2. The van der Waals surface area contributed by atoms with Crippen LogP contribution in [0.4, 0.5) is 0 Å². The van der Waals surface area contributed by atoms with E-state index in [1.54, 1.807) is 0 Å². The van der Waals surface area contributed by atoms with Gasteiger partial charge in [0.05, 0.1) is 0 Å². The summed E-state index contributed by atoms with van der Waals surface area (Å²) < 4.78 is 4.94. The van der Waals surface area contributed by atoms with Crippen LogP contribution in [0, 0.1) is 0 Å². The molecule has 0 fully saturated rings. The zero-order valence-corrected chi connectivity index (χ0v) is 13.8. The highest BCUT2D eigenvalue weighted by molar-refractivity contribution is 6.78. The van der Waals surface area contributed by atoms with Crippen LogP contribution in [-0.2, 0) is 0 Å². The second-order valence-corrected chi connectivity index (χ2v) is 15.7. The van der Waals surface area contributed by atoms with Crippen LogP contribution in [0.25, 0.3) is 0 Å². The van der Waals surface area contributed by atoms with Crippen molar-refractivity contribution < 1.29 is 0 Å². The number of amidine groups is 1.